The van der Waals surface area contributed by atoms with E-state index in [0.29, 0.717) is 41.8 Å². The van der Waals surface area contributed by atoms with Crippen molar-refractivity contribution in [1.82, 2.24) is 14.8 Å². The molecule has 1 aliphatic rings. The lowest BCUT2D eigenvalue weighted by Crippen LogP contribution is -2.19. The largest absolute Gasteiger partial charge is 0.435 e. The van der Waals surface area contributed by atoms with E-state index in [-0.39, 0.29) is 35.3 Å². The van der Waals surface area contributed by atoms with Crippen LogP contribution in [-0.2, 0) is 46.6 Å². The van der Waals surface area contributed by atoms with Crippen molar-refractivity contribution in [3.05, 3.63) is 101 Å². The number of nitrogens with zero attached hydrogens (tertiary/aromatic N) is 3. The number of hydrogen-bond donors (Lipinski definition) is 0. The van der Waals surface area contributed by atoms with Crippen LogP contribution < -0.4 is 0 Å². The molecule has 43 heavy (non-hydrogen) atoms. The van der Waals surface area contributed by atoms with E-state index in [1.165, 1.54) is 18.3 Å². The number of carbonyl (C=O) groups is 1. The molecule has 0 N–H and O–H groups in total. The lowest BCUT2D eigenvalue weighted by Gasteiger charge is -2.20. The van der Waals surface area contributed by atoms with Gasteiger partial charge in [-0.15, -0.1) is 0 Å². The summed E-state index contributed by atoms with van der Waals surface area (Å²) in [5.74, 6) is -2.72. The molecule has 0 amide bonds. The van der Waals surface area contributed by atoms with Gasteiger partial charge in [-0.2, -0.15) is 18.3 Å². The first kappa shape index (κ1) is 30.5. The van der Waals surface area contributed by atoms with E-state index in [1.807, 2.05) is 0 Å². The zero-order valence-electron chi connectivity index (χ0n) is 23.2. The molecule has 4 aromatic rings. The van der Waals surface area contributed by atoms with Gasteiger partial charge in [0.1, 0.15) is 11.6 Å². The summed E-state index contributed by atoms with van der Waals surface area (Å²) in [4.78, 5) is 18.1. The van der Waals surface area contributed by atoms with E-state index < -0.39 is 51.6 Å². The number of fused-ring (bicyclic) bond motifs is 1. The Morgan fingerprint density at radius 1 is 1.00 bits per heavy atom. The third-order valence-corrected chi connectivity index (χ3v) is 8.68. The number of hydrogen-bond acceptors (Lipinski definition) is 5. The first-order chi connectivity index (χ1) is 20.3. The molecule has 2 aromatic heterocycles. The van der Waals surface area contributed by atoms with E-state index in [9.17, 15) is 35.2 Å². The minimum absolute atomic E-state index is 0.0108. The lowest BCUT2D eigenvalue weighted by atomic mass is 9.87. The molecule has 2 aromatic carbocycles. The number of sulfone groups is 1. The number of carbonyl (C=O) groups excluding carboxylic acids is 1. The number of rotatable bonds is 9. The van der Waals surface area contributed by atoms with E-state index in [0.717, 1.165) is 29.1 Å². The van der Waals surface area contributed by atoms with Gasteiger partial charge in [0.2, 0.25) is 0 Å². The smallest absolute Gasteiger partial charge is 0.298 e. The first-order valence-corrected chi connectivity index (χ1v) is 15.6. The van der Waals surface area contributed by atoms with Crippen molar-refractivity contribution < 1.29 is 35.2 Å². The molecule has 0 fully saturated rings. The maximum atomic E-state index is 14.1. The molecular weight excluding hydrogens is 589 g/mol. The maximum absolute atomic E-state index is 14.1. The Balaban J connectivity index is 1.50. The number of aromatic nitrogens is 3. The predicted molar refractivity (Wildman–Crippen MR) is 149 cm³/mol. The van der Waals surface area contributed by atoms with Gasteiger partial charge in [-0.1, -0.05) is 18.2 Å². The molecule has 12 heteroatoms. The van der Waals surface area contributed by atoms with Gasteiger partial charge in [0.15, 0.2) is 21.3 Å². The van der Waals surface area contributed by atoms with Crippen LogP contribution in [0.5, 0.6) is 0 Å². The van der Waals surface area contributed by atoms with Gasteiger partial charge in [-0.05, 0) is 73.6 Å². The van der Waals surface area contributed by atoms with Crippen LogP contribution in [-0.4, -0.2) is 35.2 Å². The molecule has 0 bridgehead atoms. The SMILES string of the molecule is CS(=O)(=O)c1ccc(-c2cccnc2[C@@H](CC(=O)Cn2nc(C(F)(F)F)c3c2CCCC3)Cc2cc(F)cc(F)c2)cc1. The second-order valence-electron chi connectivity index (χ2n) is 10.8. The molecule has 0 aliphatic heterocycles. The van der Waals surface area contributed by atoms with Gasteiger partial charge >= 0.3 is 6.18 Å². The van der Waals surface area contributed by atoms with E-state index in [2.05, 4.69) is 10.1 Å². The number of alkyl halides is 3. The fourth-order valence-corrected chi connectivity index (χ4v) is 6.31. The van der Waals surface area contributed by atoms with Crippen molar-refractivity contribution in [2.45, 2.75) is 62.1 Å². The summed E-state index contributed by atoms with van der Waals surface area (Å²) in [5, 5.41) is 3.79. The zero-order valence-corrected chi connectivity index (χ0v) is 24.0. The van der Waals surface area contributed by atoms with Crippen LogP contribution >= 0.6 is 0 Å². The minimum atomic E-state index is -4.64. The highest BCUT2D eigenvalue weighted by molar-refractivity contribution is 7.90. The van der Waals surface area contributed by atoms with Crippen LogP contribution in [0.1, 0.15) is 53.4 Å². The van der Waals surface area contributed by atoms with Gasteiger partial charge in [-0.25, -0.2) is 17.2 Å². The number of Topliss-reactive ketones (excluding diaryl/α,β-unsaturated/α-hetero) is 1. The third kappa shape index (κ3) is 7.01. The van der Waals surface area contributed by atoms with Crippen molar-refractivity contribution in [3.8, 4) is 11.1 Å². The van der Waals surface area contributed by atoms with Crippen molar-refractivity contribution in [2.24, 2.45) is 0 Å². The second kappa shape index (κ2) is 12.0. The first-order valence-electron chi connectivity index (χ1n) is 13.7. The van der Waals surface area contributed by atoms with Gasteiger partial charge < -0.3 is 0 Å². The molecule has 0 radical (unpaired) electrons. The number of pyridine rings is 1. The van der Waals surface area contributed by atoms with Gasteiger partial charge in [0, 0.05) is 47.7 Å². The summed E-state index contributed by atoms with van der Waals surface area (Å²) in [5.41, 5.74) is 1.44. The van der Waals surface area contributed by atoms with E-state index in [4.69, 9.17) is 0 Å². The molecule has 226 valence electrons. The molecular formula is C31H28F5N3O3S. The Morgan fingerprint density at radius 3 is 2.33 bits per heavy atom. The highest BCUT2D eigenvalue weighted by Gasteiger charge is 2.39. The monoisotopic (exact) mass is 617 g/mol. The normalized spacial score (nSPS) is 14.4. The van der Waals surface area contributed by atoms with E-state index >= 15 is 0 Å². The number of halogens is 5. The Kier molecular flexibility index (Phi) is 8.51. The van der Waals surface area contributed by atoms with Crippen molar-refractivity contribution in [2.75, 3.05) is 6.26 Å². The molecule has 5 rings (SSSR count). The summed E-state index contributed by atoms with van der Waals surface area (Å²) < 4.78 is 94.3. The fourth-order valence-electron chi connectivity index (χ4n) is 5.68. The summed E-state index contributed by atoms with van der Waals surface area (Å²) >= 11 is 0. The highest BCUT2D eigenvalue weighted by Crippen LogP contribution is 2.37. The topological polar surface area (TPSA) is 81.9 Å². The van der Waals surface area contributed by atoms with Crippen LogP contribution in [0, 0.1) is 11.6 Å². The fraction of sp³-hybridized carbons (Fsp3) is 0.323. The van der Waals surface area contributed by atoms with E-state index in [1.54, 1.807) is 24.3 Å². The molecule has 0 saturated heterocycles. The quantitative estimate of drug-likeness (QED) is 0.200. The van der Waals surface area contributed by atoms with Crippen LogP contribution in [0.2, 0.25) is 0 Å². The highest BCUT2D eigenvalue weighted by atomic mass is 32.2. The van der Waals surface area contributed by atoms with Crippen molar-refractivity contribution in [3.63, 3.8) is 0 Å². The Hall–Kier alpha value is -3.93. The van der Waals surface area contributed by atoms with Crippen LogP contribution in [0.15, 0.2) is 65.7 Å². The third-order valence-electron chi connectivity index (χ3n) is 7.55. The zero-order chi connectivity index (χ0) is 30.9. The lowest BCUT2D eigenvalue weighted by molar-refractivity contribution is -0.142. The number of benzene rings is 2. The van der Waals surface area contributed by atoms with Crippen molar-refractivity contribution >= 4 is 15.6 Å². The summed E-state index contributed by atoms with van der Waals surface area (Å²) in [7, 11) is -3.45. The Labute approximate surface area is 245 Å². The standard InChI is InChI=1S/C31H28F5N3O3S/c1-43(41,42)25-10-8-20(9-11-25)26-6-4-12-37-29(26)21(13-19-14-22(32)17-23(33)15-19)16-24(40)18-39-28-7-3-2-5-27(28)30(38-39)31(34,35)36/h4,6,8-12,14-15,17,21H,2-3,5,7,13,16,18H2,1H3/t21-/m1/s1. The molecule has 0 saturated carbocycles. The molecule has 2 heterocycles. The molecule has 0 spiro atoms. The minimum Gasteiger partial charge on any atom is -0.298 e. The van der Waals surface area contributed by atoms with Gasteiger partial charge in [0.25, 0.3) is 0 Å². The average molecular weight is 618 g/mol. The summed E-state index contributed by atoms with van der Waals surface area (Å²) in [6.07, 6.45) is -0.319. The van der Waals surface area contributed by atoms with Gasteiger partial charge in [-0.3, -0.25) is 14.5 Å². The van der Waals surface area contributed by atoms with Gasteiger partial charge in [0.05, 0.1) is 17.1 Å². The average Bonchev–Trinajstić information content (AvgIpc) is 3.31. The van der Waals surface area contributed by atoms with Crippen LogP contribution in [0.4, 0.5) is 22.0 Å². The summed E-state index contributed by atoms with van der Waals surface area (Å²) in [6.45, 7) is -0.391. The number of ketones is 1. The predicted octanol–water partition coefficient (Wildman–Crippen LogP) is 6.51. The maximum Gasteiger partial charge on any atom is 0.435 e. The Morgan fingerprint density at radius 2 is 1.67 bits per heavy atom. The molecule has 1 aliphatic carbocycles. The summed E-state index contributed by atoms with van der Waals surface area (Å²) in [6, 6.07) is 12.6. The van der Waals surface area contributed by atoms with Crippen LogP contribution in [0.3, 0.4) is 0 Å². The molecule has 6 nitrogen and oxygen atoms in total. The van der Waals surface area contributed by atoms with Crippen molar-refractivity contribution in [1.29, 1.82) is 0 Å². The molecule has 0 unspecified atom stereocenters. The van der Waals surface area contributed by atoms with Crippen LogP contribution in [0.25, 0.3) is 11.1 Å². The second-order valence-corrected chi connectivity index (χ2v) is 12.8. The Bertz CT molecular complexity index is 1750. The molecule has 1 atom stereocenters.